The summed E-state index contributed by atoms with van der Waals surface area (Å²) in [7, 11) is 3.41. The van der Waals surface area contributed by atoms with Crippen LogP contribution in [0.4, 0.5) is 5.13 Å². The Bertz CT molecular complexity index is 1090. The van der Waals surface area contributed by atoms with Gasteiger partial charge >= 0.3 is 0 Å². The fraction of sp³-hybridized carbons (Fsp3) is 0.400. The van der Waals surface area contributed by atoms with Crippen molar-refractivity contribution in [3.8, 4) is 0 Å². The standard InChI is InChI=1S/C20H23N5O3S/c1-12(15(26)21-11-13-7-5-4-6-8-13)25(2)19-22-14-16(27)23-18(24-17(14)29-19)20(28-3)9-10-20/h4-8,12H,9-11H2,1-3H3,(H,21,26)(H,23,24,27)/t12-/m1/s1. The molecule has 8 nitrogen and oxygen atoms in total. The second kappa shape index (κ2) is 7.57. The van der Waals surface area contributed by atoms with E-state index in [1.807, 2.05) is 30.3 Å². The summed E-state index contributed by atoms with van der Waals surface area (Å²) in [6, 6.07) is 9.28. The van der Waals surface area contributed by atoms with Crippen LogP contribution in [0.2, 0.25) is 0 Å². The number of rotatable bonds is 7. The van der Waals surface area contributed by atoms with Crippen LogP contribution in [-0.2, 0) is 21.7 Å². The van der Waals surface area contributed by atoms with Gasteiger partial charge in [0.2, 0.25) is 5.91 Å². The largest absolute Gasteiger partial charge is 0.370 e. The number of aromatic nitrogens is 3. The molecule has 0 unspecified atom stereocenters. The summed E-state index contributed by atoms with van der Waals surface area (Å²) in [6.07, 6.45) is 1.67. The lowest BCUT2D eigenvalue weighted by molar-refractivity contribution is -0.122. The van der Waals surface area contributed by atoms with E-state index in [9.17, 15) is 9.59 Å². The Labute approximate surface area is 171 Å². The lowest BCUT2D eigenvalue weighted by Crippen LogP contribution is -2.43. The van der Waals surface area contributed by atoms with Crippen molar-refractivity contribution < 1.29 is 9.53 Å². The molecular formula is C20H23N5O3S. The van der Waals surface area contributed by atoms with Gasteiger partial charge in [-0.05, 0) is 25.3 Å². The van der Waals surface area contributed by atoms with E-state index in [-0.39, 0.29) is 17.0 Å². The number of amides is 1. The Morgan fingerprint density at radius 3 is 2.72 bits per heavy atom. The summed E-state index contributed by atoms with van der Waals surface area (Å²) in [5, 5.41) is 3.50. The van der Waals surface area contributed by atoms with E-state index in [1.165, 1.54) is 11.3 Å². The third-order valence-electron chi connectivity index (χ3n) is 5.36. The maximum Gasteiger partial charge on any atom is 0.278 e. The number of anilines is 1. The Balaban J connectivity index is 1.51. The molecule has 1 saturated carbocycles. The van der Waals surface area contributed by atoms with Crippen molar-refractivity contribution in [2.45, 2.75) is 38.0 Å². The Kier molecular flexibility index (Phi) is 5.10. The molecule has 3 aromatic rings. The first kappa shape index (κ1) is 19.5. The predicted octanol–water partition coefficient (Wildman–Crippen LogP) is 2.16. The minimum Gasteiger partial charge on any atom is -0.370 e. The van der Waals surface area contributed by atoms with Crippen molar-refractivity contribution in [3.63, 3.8) is 0 Å². The Morgan fingerprint density at radius 1 is 1.34 bits per heavy atom. The van der Waals surface area contributed by atoms with Crippen molar-refractivity contribution in [1.82, 2.24) is 20.3 Å². The molecular weight excluding hydrogens is 390 g/mol. The van der Waals surface area contributed by atoms with Crippen LogP contribution < -0.4 is 15.8 Å². The molecule has 1 atom stereocenters. The zero-order chi connectivity index (χ0) is 20.6. The molecule has 2 N–H and O–H groups in total. The number of fused-ring (bicyclic) bond motifs is 1. The smallest absolute Gasteiger partial charge is 0.278 e. The third kappa shape index (κ3) is 3.75. The molecule has 4 rings (SSSR count). The van der Waals surface area contributed by atoms with Crippen molar-refractivity contribution >= 4 is 32.7 Å². The molecule has 1 aliphatic rings. The van der Waals surface area contributed by atoms with E-state index in [0.29, 0.717) is 22.3 Å². The molecule has 0 spiro atoms. The summed E-state index contributed by atoms with van der Waals surface area (Å²) < 4.78 is 5.51. The maximum absolute atomic E-state index is 12.6. The highest BCUT2D eigenvalue weighted by Gasteiger charge is 2.47. The number of nitrogens with zero attached hydrogens (tertiary/aromatic N) is 3. The number of benzene rings is 1. The predicted molar refractivity (Wildman–Crippen MR) is 112 cm³/mol. The summed E-state index contributed by atoms with van der Waals surface area (Å²) in [4.78, 5) is 39.2. The summed E-state index contributed by atoms with van der Waals surface area (Å²) >= 11 is 1.30. The number of nitrogens with one attached hydrogen (secondary N) is 2. The van der Waals surface area contributed by atoms with Crippen LogP contribution in [0.3, 0.4) is 0 Å². The average molecular weight is 414 g/mol. The van der Waals surface area contributed by atoms with Gasteiger partial charge in [0.25, 0.3) is 5.56 Å². The normalized spacial score (nSPS) is 15.8. The highest BCUT2D eigenvalue weighted by molar-refractivity contribution is 7.21. The SMILES string of the molecule is COC1(c2nc3sc(N(C)[C@H](C)C(=O)NCc4ccccc4)nc3c(=O)[nH]2)CC1. The van der Waals surface area contributed by atoms with Crippen molar-refractivity contribution in [2.75, 3.05) is 19.1 Å². The molecule has 0 radical (unpaired) electrons. The van der Waals surface area contributed by atoms with Crippen molar-refractivity contribution in [1.29, 1.82) is 0 Å². The number of methoxy groups -OCH3 is 1. The van der Waals surface area contributed by atoms with Crippen LogP contribution in [0.25, 0.3) is 10.3 Å². The zero-order valence-corrected chi connectivity index (χ0v) is 17.4. The van der Waals surface area contributed by atoms with Gasteiger partial charge in [0.1, 0.15) is 17.5 Å². The molecule has 2 heterocycles. The molecule has 1 aromatic carbocycles. The molecule has 0 saturated heterocycles. The van der Waals surface area contributed by atoms with Gasteiger partial charge < -0.3 is 19.9 Å². The Hall–Kier alpha value is -2.78. The average Bonchev–Trinajstić information content (AvgIpc) is 3.43. The van der Waals surface area contributed by atoms with Gasteiger partial charge in [-0.2, -0.15) is 0 Å². The van der Waals surface area contributed by atoms with Gasteiger partial charge in [-0.15, -0.1) is 0 Å². The number of likely N-dealkylation sites (N-methyl/N-ethyl adjacent to an activating group) is 1. The number of carbonyl (C=O) groups excluding carboxylic acids is 1. The van der Waals surface area contributed by atoms with Crippen LogP contribution in [0.15, 0.2) is 35.1 Å². The zero-order valence-electron chi connectivity index (χ0n) is 16.6. The fourth-order valence-corrected chi connectivity index (χ4v) is 4.10. The molecule has 9 heteroatoms. The minimum absolute atomic E-state index is 0.116. The molecule has 2 aromatic heterocycles. The van der Waals surface area contributed by atoms with Crippen LogP contribution in [0.1, 0.15) is 31.2 Å². The lowest BCUT2D eigenvalue weighted by Gasteiger charge is -2.23. The first-order chi connectivity index (χ1) is 13.9. The Morgan fingerprint density at radius 2 is 2.07 bits per heavy atom. The second-order valence-electron chi connectivity index (χ2n) is 7.25. The van der Waals surface area contributed by atoms with Crippen LogP contribution in [-0.4, -0.2) is 41.1 Å². The number of carbonyl (C=O) groups is 1. The van der Waals surface area contributed by atoms with E-state index in [1.54, 1.807) is 26.0 Å². The highest BCUT2D eigenvalue weighted by Crippen LogP contribution is 2.47. The first-order valence-corrected chi connectivity index (χ1v) is 10.3. The fourth-order valence-electron chi connectivity index (χ4n) is 3.11. The van der Waals surface area contributed by atoms with E-state index < -0.39 is 11.6 Å². The van der Waals surface area contributed by atoms with E-state index >= 15 is 0 Å². The number of hydrogen-bond acceptors (Lipinski definition) is 7. The van der Waals surface area contributed by atoms with E-state index in [4.69, 9.17) is 4.74 Å². The molecule has 0 aliphatic heterocycles. The monoisotopic (exact) mass is 413 g/mol. The van der Waals surface area contributed by atoms with Gasteiger partial charge in [0.15, 0.2) is 15.5 Å². The quantitative estimate of drug-likeness (QED) is 0.616. The molecule has 29 heavy (non-hydrogen) atoms. The summed E-state index contributed by atoms with van der Waals surface area (Å²) in [5.74, 6) is 0.429. The van der Waals surface area contributed by atoms with Gasteiger partial charge in [0, 0.05) is 20.7 Å². The molecule has 1 amide bonds. The van der Waals surface area contributed by atoms with Gasteiger partial charge in [-0.3, -0.25) is 9.59 Å². The minimum atomic E-state index is -0.478. The van der Waals surface area contributed by atoms with Crippen LogP contribution in [0.5, 0.6) is 0 Å². The maximum atomic E-state index is 12.6. The molecule has 1 fully saturated rings. The van der Waals surface area contributed by atoms with Crippen molar-refractivity contribution in [3.05, 3.63) is 52.1 Å². The second-order valence-corrected chi connectivity index (χ2v) is 8.21. The topological polar surface area (TPSA) is 100 Å². The number of ether oxygens (including phenoxy) is 1. The summed E-state index contributed by atoms with van der Waals surface area (Å²) in [5.41, 5.74) is 0.550. The molecule has 152 valence electrons. The van der Waals surface area contributed by atoms with E-state index in [0.717, 1.165) is 18.4 Å². The first-order valence-electron chi connectivity index (χ1n) is 9.44. The van der Waals surface area contributed by atoms with Crippen molar-refractivity contribution in [2.24, 2.45) is 0 Å². The number of hydrogen-bond donors (Lipinski definition) is 2. The van der Waals surface area contributed by atoms with E-state index in [2.05, 4.69) is 20.3 Å². The molecule has 1 aliphatic carbocycles. The van der Waals surface area contributed by atoms with Crippen LogP contribution in [0, 0.1) is 0 Å². The van der Waals surface area contributed by atoms with Gasteiger partial charge in [0.05, 0.1) is 0 Å². The highest BCUT2D eigenvalue weighted by atomic mass is 32.1. The molecule has 0 bridgehead atoms. The van der Waals surface area contributed by atoms with Gasteiger partial charge in [-0.1, -0.05) is 41.7 Å². The number of thiazole rings is 1. The summed E-state index contributed by atoms with van der Waals surface area (Å²) in [6.45, 7) is 2.26. The number of H-pyrrole nitrogens is 1. The van der Waals surface area contributed by atoms with Gasteiger partial charge in [-0.25, -0.2) is 9.97 Å². The number of aromatic amines is 1. The van der Waals surface area contributed by atoms with Crippen LogP contribution >= 0.6 is 11.3 Å². The lowest BCUT2D eigenvalue weighted by atomic mass is 10.2. The third-order valence-corrected chi connectivity index (χ3v) is 6.40.